The van der Waals surface area contributed by atoms with E-state index in [1.54, 1.807) is 0 Å². The van der Waals surface area contributed by atoms with Gasteiger partial charge in [0.25, 0.3) is 5.91 Å². The van der Waals surface area contributed by atoms with Crippen LogP contribution in [0, 0.1) is 0 Å². The molecule has 1 saturated heterocycles. The number of aryl methyl sites for hydroxylation is 1. The number of nitrogens with zero attached hydrogens (tertiary/aromatic N) is 1. The number of ether oxygens (including phenoxy) is 1. The van der Waals surface area contributed by atoms with Crippen molar-refractivity contribution in [3.63, 3.8) is 0 Å². The van der Waals surface area contributed by atoms with Gasteiger partial charge in [0.1, 0.15) is 5.00 Å². The number of carbonyl (C=O) groups excluding carboxylic acids is 2. The van der Waals surface area contributed by atoms with Gasteiger partial charge in [0.05, 0.1) is 12.7 Å². The van der Waals surface area contributed by atoms with Gasteiger partial charge in [-0.2, -0.15) is 0 Å². The van der Waals surface area contributed by atoms with E-state index in [9.17, 15) is 9.59 Å². The molecule has 1 aromatic rings. The van der Waals surface area contributed by atoms with Crippen molar-refractivity contribution in [2.24, 2.45) is 0 Å². The van der Waals surface area contributed by atoms with Gasteiger partial charge in [-0.05, 0) is 50.5 Å². The number of thiophene rings is 1. The van der Waals surface area contributed by atoms with Crippen LogP contribution in [0.2, 0.25) is 0 Å². The second-order valence-corrected chi connectivity index (χ2v) is 6.99. The Labute approximate surface area is 134 Å². The maximum atomic E-state index is 13.0. The van der Waals surface area contributed by atoms with E-state index in [-0.39, 0.29) is 5.91 Å². The topological polar surface area (TPSA) is 58.6 Å². The number of carbonyl (C=O) groups is 2. The van der Waals surface area contributed by atoms with Crippen LogP contribution in [0.5, 0.6) is 0 Å². The van der Waals surface area contributed by atoms with Crippen molar-refractivity contribution in [1.29, 1.82) is 0 Å². The molecular weight excluding hydrogens is 300 g/mol. The number of methoxy groups -OCH3 is 1. The average Bonchev–Trinajstić information content (AvgIpc) is 2.92. The zero-order chi connectivity index (χ0) is 15.5. The molecular formula is C16H22N2O3S. The zero-order valence-electron chi connectivity index (χ0n) is 12.9. The summed E-state index contributed by atoms with van der Waals surface area (Å²) in [4.78, 5) is 27.7. The number of fused-ring (bicyclic) bond motifs is 1. The SMILES string of the molecule is COC(=O)Nc1sc2c(c1C(=O)N1CCCCC1)CCCC2. The maximum Gasteiger partial charge on any atom is 0.411 e. The van der Waals surface area contributed by atoms with E-state index in [4.69, 9.17) is 4.74 Å². The number of likely N-dealkylation sites (tertiary alicyclic amines) is 1. The summed E-state index contributed by atoms with van der Waals surface area (Å²) in [6.07, 6.45) is 7.03. The number of rotatable bonds is 2. The minimum atomic E-state index is -0.508. The monoisotopic (exact) mass is 322 g/mol. The Hall–Kier alpha value is -1.56. The van der Waals surface area contributed by atoms with E-state index in [2.05, 4.69) is 5.32 Å². The Balaban J connectivity index is 1.93. The van der Waals surface area contributed by atoms with Gasteiger partial charge in [0.15, 0.2) is 0 Å². The van der Waals surface area contributed by atoms with Crippen molar-refractivity contribution < 1.29 is 14.3 Å². The first-order valence-electron chi connectivity index (χ1n) is 7.99. The van der Waals surface area contributed by atoms with Crippen molar-refractivity contribution in [3.8, 4) is 0 Å². The molecule has 1 aliphatic carbocycles. The summed E-state index contributed by atoms with van der Waals surface area (Å²) in [5.74, 6) is 0.0745. The second-order valence-electron chi connectivity index (χ2n) is 5.88. The number of anilines is 1. The molecule has 2 heterocycles. The largest absolute Gasteiger partial charge is 0.453 e. The fourth-order valence-electron chi connectivity index (χ4n) is 3.28. The Kier molecular flexibility index (Phi) is 4.66. The molecule has 2 amide bonds. The molecule has 1 fully saturated rings. The molecule has 1 aromatic heterocycles. The van der Waals surface area contributed by atoms with Crippen molar-refractivity contribution in [3.05, 3.63) is 16.0 Å². The van der Waals surface area contributed by atoms with Crippen molar-refractivity contribution in [1.82, 2.24) is 4.90 Å². The molecule has 0 unspecified atom stereocenters. The Morgan fingerprint density at radius 1 is 1.09 bits per heavy atom. The lowest BCUT2D eigenvalue weighted by atomic mass is 9.94. The second kappa shape index (κ2) is 6.69. The summed E-state index contributed by atoms with van der Waals surface area (Å²) < 4.78 is 4.70. The molecule has 0 bridgehead atoms. The molecule has 120 valence electrons. The lowest BCUT2D eigenvalue weighted by molar-refractivity contribution is 0.0724. The summed E-state index contributed by atoms with van der Waals surface area (Å²) in [6.45, 7) is 1.64. The van der Waals surface area contributed by atoms with Gasteiger partial charge >= 0.3 is 6.09 Å². The average molecular weight is 322 g/mol. The van der Waals surface area contributed by atoms with Gasteiger partial charge in [0.2, 0.25) is 0 Å². The fourth-order valence-corrected chi connectivity index (χ4v) is 4.55. The molecule has 1 aliphatic heterocycles. The van der Waals surface area contributed by atoms with Gasteiger partial charge in [-0.1, -0.05) is 0 Å². The number of nitrogens with one attached hydrogen (secondary N) is 1. The highest BCUT2D eigenvalue weighted by Crippen LogP contribution is 2.39. The van der Waals surface area contributed by atoms with E-state index in [0.29, 0.717) is 10.6 Å². The number of hydrogen-bond acceptors (Lipinski definition) is 4. The van der Waals surface area contributed by atoms with Crippen LogP contribution in [-0.4, -0.2) is 37.1 Å². The van der Waals surface area contributed by atoms with Crippen LogP contribution in [0.3, 0.4) is 0 Å². The zero-order valence-corrected chi connectivity index (χ0v) is 13.8. The lowest BCUT2D eigenvalue weighted by Gasteiger charge is -2.27. The summed E-state index contributed by atoms with van der Waals surface area (Å²) in [5.41, 5.74) is 1.87. The smallest absolute Gasteiger partial charge is 0.411 e. The molecule has 0 atom stereocenters. The maximum absolute atomic E-state index is 13.0. The quantitative estimate of drug-likeness (QED) is 0.907. The van der Waals surface area contributed by atoms with Crippen LogP contribution in [0.1, 0.15) is 52.9 Å². The van der Waals surface area contributed by atoms with Crippen LogP contribution in [0.4, 0.5) is 9.80 Å². The number of amides is 2. The minimum Gasteiger partial charge on any atom is -0.453 e. The third-order valence-corrected chi connectivity index (χ3v) is 5.64. The van der Waals surface area contributed by atoms with Gasteiger partial charge in [-0.15, -0.1) is 11.3 Å². The highest BCUT2D eigenvalue weighted by Gasteiger charge is 2.29. The predicted octanol–water partition coefficient (Wildman–Crippen LogP) is 3.43. The van der Waals surface area contributed by atoms with E-state index >= 15 is 0 Å². The van der Waals surface area contributed by atoms with Crippen LogP contribution < -0.4 is 5.32 Å². The van der Waals surface area contributed by atoms with Crippen molar-refractivity contribution in [2.75, 3.05) is 25.5 Å². The molecule has 0 radical (unpaired) electrons. The first kappa shape index (κ1) is 15.3. The van der Waals surface area contributed by atoms with Crippen molar-refractivity contribution >= 4 is 28.3 Å². The number of hydrogen-bond donors (Lipinski definition) is 1. The normalized spacial score (nSPS) is 17.8. The van der Waals surface area contributed by atoms with E-state index in [1.807, 2.05) is 4.90 Å². The van der Waals surface area contributed by atoms with Gasteiger partial charge in [-0.25, -0.2) is 4.79 Å². The molecule has 1 N–H and O–H groups in total. The third kappa shape index (κ3) is 2.97. The first-order valence-corrected chi connectivity index (χ1v) is 8.81. The first-order chi connectivity index (χ1) is 10.7. The molecule has 22 heavy (non-hydrogen) atoms. The number of piperidine rings is 1. The molecule has 2 aliphatic rings. The molecule has 0 saturated carbocycles. The van der Waals surface area contributed by atoms with Gasteiger partial charge in [0, 0.05) is 18.0 Å². The van der Waals surface area contributed by atoms with Gasteiger partial charge in [-0.3, -0.25) is 10.1 Å². The Morgan fingerprint density at radius 2 is 1.82 bits per heavy atom. The van der Waals surface area contributed by atoms with E-state index in [0.717, 1.165) is 57.2 Å². The van der Waals surface area contributed by atoms with Crippen LogP contribution in [0.25, 0.3) is 0 Å². The van der Waals surface area contributed by atoms with E-state index < -0.39 is 6.09 Å². The predicted molar refractivity (Wildman–Crippen MR) is 86.7 cm³/mol. The van der Waals surface area contributed by atoms with Crippen molar-refractivity contribution in [2.45, 2.75) is 44.9 Å². The molecule has 0 aromatic carbocycles. The lowest BCUT2D eigenvalue weighted by Crippen LogP contribution is -2.36. The van der Waals surface area contributed by atoms with Crippen LogP contribution in [0.15, 0.2) is 0 Å². The fraction of sp³-hybridized carbons (Fsp3) is 0.625. The standard InChI is InChI=1S/C16H22N2O3S/c1-21-16(20)17-14-13(11-7-3-4-8-12(11)22-14)15(19)18-9-5-2-6-10-18/h2-10H2,1H3,(H,17,20). The molecule has 6 heteroatoms. The Morgan fingerprint density at radius 3 is 2.55 bits per heavy atom. The van der Waals surface area contributed by atoms with Gasteiger partial charge < -0.3 is 9.64 Å². The third-order valence-electron chi connectivity index (χ3n) is 4.43. The molecule has 0 spiro atoms. The summed E-state index contributed by atoms with van der Waals surface area (Å²) in [6, 6.07) is 0. The van der Waals surface area contributed by atoms with E-state index in [1.165, 1.54) is 29.7 Å². The van der Waals surface area contributed by atoms with Crippen LogP contribution in [-0.2, 0) is 17.6 Å². The summed E-state index contributed by atoms with van der Waals surface area (Å²) in [7, 11) is 1.34. The summed E-state index contributed by atoms with van der Waals surface area (Å²) in [5, 5.41) is 3.41. The highest BCUT2D eigenvalue weighted by molar-refractivity contribution is 7.17. The Bertz CT molecular complexity index is 576. The highest BCUT2D eigenvalue weighted by atomic mass is 32.1. The summed E-state index contributed by atoms with van der Waals surface area (Å²) >= 11 is 1.54. The molecule has 5 nitrogen and oxygen atoms in total. The molecule has 3 rings (SSSR count). The van der Waals surface area contributed by atoms with Crippen LogP contribution >= 0.6 is 11.3 Å². The minimum absolute atomic E-state index is 0.0745.